The van der Waals surface area contributed by atoms with Crippen molar-refractivity contribution in [2.45, 2.75) is 31.3 Å². The topological polar surface area (TPSA) is 90.2 Å². The van der Waals surface area contributed by atoms with E-state index >= 15 is 0 Å². The maximum absolute atomic E-state index is 9.51. The van der Waals surface area contributed by atoms with Gasteiger partial charge in [0.05, 0.1) is 31.5 Å². The van der Waals surface area contributed by atoms with E-state index in [-0.39, 0.29) is 13.2 Å². The van der Waals surface area contributed by atoms with Gasteiger partial charge in [0.15, 0.2) is 0 Å². The van der Waals surface area contributed by atoms with Crippen LogP contribution in [0.4, 0.5) is 0 Å². The van der Waals surface area contributed by atoms with Crippen molar-refractivity contribution in [1.82, 2.24) is 0 Å². The minimum Gasteiger partial charge on any atom is -0.396 e. The van der Waals surface area contributed by atoms with Gasteiger partial charge in [0.25, 0.3) is 0 Å². The molecule has 0 unspecified atom stereocenters. The van der Waals surface area contributed by atoms with Crippen molar-refractivity contribution in [3.05, 3.63) is 0 Å². The summed E-state index contributed by atoms with van der Waals surface area (Å²) < 4.78 is 5.20. The van der Waals surface area contributed by atoms with Crippen LogP contribution < -0.4 is 0 Å². The maximum atomic E-state index is 9.51. The minimum absolute atomic E-state index is 0.265. The summed E-state index contributed by atoms with van der Waals surface area (Å²) in [6, 6.07) is 0. The Morgan fingerprint density at radius 1 is 1.08 bits per heavy atom. The molecule has 0 amide bonds. The molecule has 1 aliphatic rings. The Labute approximate surface area is 76.6 Å². The summed E-state index contributed by atoms with van der Waals surface area (Å²) in [6.07, 6.45) is -3.15. The van der Waals surface area contributed by atoms with E-state index in [0.717, 1.165) is 0 Å². The van der Waals surface area contributed by atoms with E-state index < -0.39 is 30.3 Å². The lowest BCUT2D eigenvalue weighted by Gasteiger charge is -2.40. The first-order valence-corrected chi connectivity index (χ1v) is 4.35. The van der Waals surface area contributed by atoms with Crippen molar-refractivity contribution in [1.29, 1.82) is 0 Å². The molecule has 0 aromatic carbocycles. The molecule has 0 aliphatic carbocycles. The Balaban J connectivity index is 2.69. The van der Waals surface area contributed by atoms with Crippen molar-refractivity contribution < 1.29 is 25.2 Å². The van der Waals surface area contributed by atoms with Crippen LogP contribution in [0, 0.1) is 5.92 Å². The van der Waals surface area contributed by atoms with Gasteiger partial charge in [0.1, 0.15) is 6.10 Å². The molecule has 0 spiro atoms. The van der Waals surface area contributed by atoms with Crippen LogP contribution in [0.5, 0.6) is 0 Å². The Morgan fingerprint density at radius 3 is 2.15 bits per heavy atom. The van der Waals surface area contributed by atoms with Gasteiger partial charge >= 0.3 is 0 Å². The van der Waals surface area contributed by atoms with Gasteiger partial charge in [0, 0.05) is 5.92 Å². The molecule has 0 aromatic rings. The van der Waals surface area contributed by atoms with E-state index in [0.29, 0.717) is 0 Å². The fourth-order valence-electron chi connectivity index (χ4n) is 1.61. The van der Waals surface area contributed by atoms with E-state index in [1.165, 1.54) is 0 Å². The molecule has 1 rings (SSSR count). The third-order valence-electron chi connectivity index (χ3n) is 2.53. The molecular formula is C8H16O5. The average molecular weight is 192 g/mol. The fourth-order valence-corrected chi connectivity index (χ4v) is 1.61. The highest BCUT2D eigenvalue weighted by Crippen LogP contribution is 2.25. The standard InChI is InChI=1S/C8H16O5/c1-4-7(11)8(12)5(2-9)6(3-10)13-4/h4-12H,2-3H2,1H3/t4-,5+,6+,7-,8-/m0/s1. The number of rotatable bonds is 2. The summed E-state index contributed by atoms with van der Waals surface area (Å²) in [5, 5.41) is 36.7. The summed E-state index contributed by atoms with van der Waals surface area (Å²) in [6.45, 7) is 1.04. The molecular weight excluding hydrogens is 176 g/mol. The Morgan fingerprint density at radius 2 is 1.69 bits per heavy atom. The molecule has 1 heterocycles. The summed E-state index contributed by atoms with van der Waals surface area (Å²) in [5.41, 5.74) is 0. The minimum atomic E-state index is -1.04. The van der Waals surface area contributed by atoms with Crippen molar-refractivity contribution >= 4 is 0 Å². The molecule has 0 radical (unpaired) electrons. The third-order valence-corrected chi connectivity index (χ3v) is 2.53. The highest BCUT2D eigenvalue weighted by molar-refractivity contribution is 4.89. The number of aliphatic hydroxyl groups is 4. The zero-order valence-electron chi connectivity index (χ0n) is 7.50. The molecule has 5 atom stereocenters. The van der Waals surface area contributed by atoms with Crippen LogP contribution in [0.15, 0.2) is 0 Å². The molecule has 13 heavy (non-hydrogen) atoms. The summed E-state index contributed by atoms with van der Waals surface area (Å²) >= 11 is 0. The maximum Gasteiger partial charge on any atom is 0.106 e. The van der Waals surface area contributed by atoms with E-state index in [1.54, 1.807) is 6.92 Å². The van der Waals surface area contributed by atoms with Crippen molar-refractivity contribution in [3.8, 4) is 0 Å². The van der Waals surface area contributed by atoms with Crippen molar-refractivity contribution in [2.24, 2.45) is 5.92 Å². The zero-order chi connectivity index (χ0) is 10.0. The second-order valence-corrected chi connectivity index (χ2v) is 3.39. The van der Waals surface area contributed by atoms with Gasteiger partial charge in [0.2, 0.25) is 0 Å². The normalized spacial score (nSPS) is 46.4. The highest BCUT2D eigenvalue weighted by Gasteiger charge is 2.41. The molecule has 1 fully saturated rings. The van der Waals surface area contributed by atoms with Gasteiger partial charge < -0.3 is 25.2 Å². The fraction of sp³-hybridized carbons (Fsp3) is 1.00. The first kappa shape index (κ1) is 10.9. The summed E-state index contributed by atoms with van der Waals surface area (Å²) in [7, 11) is 0. The lowest BCUT2D eigenvalue weighted by atomic mass is 9.88. The molecule has 1 aliphatic heterocycles. The van der Waals surface area contributed by atoms with Crippen LogP contribution in [-0.4, -0.2) is 58.1 Å². The van der Waals surface area contributed by atoms with E-state index in [2.05, 4.69) is 0 Å². The van der Waals surface area contributed by atoms with Crippen LogP contribution in [-0.2, 0) is 4.74 Å². The number of aliphatic hydroxyl groups excluding tert-OH is 4. The van der Waals surface area contributed by atoms with Gasteiger partial charge in [-0.25, -0.2) is 0 Å². The second kappa shape index (κ2) is 4.34. The molecule has 0 saturated carbocycles. The predicted octanol–water partition coefficient (Wildman–Crippen LogP) is -1.90. The molecule has 4 N–H and O–H groups in total. The van der Waals surface area contributed by atoms with Crippen LogP contribution in [0.25, 0.3) is 0 Å². The zero-order valence-corrected chi connectivity index (χ0v) is 7.50. The Hall–Kier alpha value is -0.200. The first-order valence-electron chi connectivity index (χ1n) is 4.35. The number of hydrogen-bond acceptors (Lipinski definition) is 5. The molecule has 5 nitrogen and oxygen atoms in total. The van der Waals surface area contributed by atoms with Crippen LogP contribution in [0.2, 0.25) is 0 Å². The van der Waals surface area contributed by atoms with Gasteiger partial charge in [-0.15, -0.1) is 0 Å². The Bertz CT molecular complexity index is 161. The molecule has 0 bridgehead atoms. The van der Waals surface area contributed by atoms with E-state index in [4.69, 9.17) is 14.9 Å². The summed E-state index contributed by atoms with van der Waals surface area (Å²) in [5.74, 6) is -0.615. The molecule has 1 saturated heterocycles. The summed E-state index contributed by atoms with van der Waals surface area (Å²) in [4.78, 5) is 0. The monoisotopic (exact) mass is 192 g/mol. The van der Waals surface area contributed by atoms with E-state index in [1.807, 2.05) is 0 Å². The van der Waals surface area contributed by atoms with E-state index in [9.17, 15) is 10.2 Å². The van der Waals surface area contributed by atoms with Crippen LogP contribution in [0.1, 0.15) is 6.92 Å². The highest BCUT2D eigenvalue weighted by atomic mass is 16.5. The molecule has 78 valence electrons. The van der Waals surface area contributed by atoms with Crippen molar-refractivity contribution in [3.63, 3.8) is 0 Å². The number of ether oxygens (including phenoxy) is 1. The first-order chi connectivity index (χ1) is 6.11. The SMILES string of the molecule is C[C@@H]1O[C@H](CO)[C@@H](CO)[C@H](O)[C@H]1O. The average Bonchev–Trinajstić information content (AvgIpc) is 2.13. The van der Waals surface area contributed by atoms with Crippen LogP contribution >= 0.6 is 0 Å². The van der Waals surface area contributed by atoms with Gasteiger partial charge in [-0.3, -0.25) is 0 Å². The molecule has 0 aromatic heterocycles. The smallest absolute Gasteiger partial charge is 0.106 e. The number of hydrogen-bond donors (Lipinski definition) is 4. The quantitative estimate of drug-likeness (QED) is 0.410. The molecule has 5 heteroatoms. The largest absolute Gasteiger partial charge is 0.396 e. The van der Waals surface area contributed by atoms with Crippen molar-refractivity contribution in [2.75, 3.05) is 13.2 Å². The Kier molecular flexibility index (Phi) is 3.63. The third kappa shape index (κ3) is 2.00. The van der Waals surface area contributed by atoms with Gasteiger partial charge in [-0.05, 0) is 6.92 Å². The van der Waals surface area contributed by atoms with Gasteiger partial charge in [-0.2, -0.15) is 0 Å². The van der Waals surface area contributed by atoms with Gasteiger partial charge in [-0.1, -0.05) is 0 Å². The second-order valence-electron chi connectivity index (χ2n) is 3.39. The lowest BCUT2D eigenvalue weighted by molar-refractivity contribution is -0.209. The lowest BCUT2D eigenvalue weighted by Crippen LogP contribution is -2.55. The predicted molar refractivity (Wildman–Crippen MR) is 44.0 cm³/mol. The van der Waals surface area contributed by atoms with Crippen LogP contribution in [0.3, 0.4) is 0 Å².